The average molecular weight is 400 g/mol. The number of hydrogen-bond acceptors (Lipinski definition) is 6. The summed E-state index contributed by atoms with van der Waals surface area (Å²) in [5.41, 5.74) is 2.17. The van der Waals surface area contributed by atoms with Crippen molar-refractivity contribution in [2.75, 3.05) is 17.2 Å². The maximum atomic E-state index is 12.1. The molecule has 8 nitrogen and oxygen atoms in total. The van der Waals surface area contributed by atoms with E-state index in [1.54, 1.807) is 0 Å². The van der Waals surface area contributed by atoms with Crippen molar-refractivity contribution in [2.45, 2.75) is 25.5 Å². The van der Waals surface area contributed by atoms with Crippen molar-refractivity contribution < 1.29 is 18.3 Å². The number of benzene rings is 2. The van der Waals surface area contributed by atoms with Crippen molar-refractivity contribution in [2.24, 2.45) is 0 Å². The molecule has 1 amide bonds. The van der Waals surface area contributed by atoms with Crippen LogP contribution in [0.25, 0.3) is 11.4 Å². The molecule has 1 fully saturated rings. The molecule has 2 N–H and O–H groups in total. The summed E-state index contributed by atoms with van der Waals surface area (Å²) in [7, 11) is 0. The molecule has 0 atom stereocenters. The van der Waals surface area contributed by atoms with Crippen molar-refractivity contribution in [3.05, 3.63) is 48.5 Å². The lowest BCUT2D eigenvalue weighted by Crippen LogP contribution is -2.21. The second kappa shape index (κ2) is 8.21. The Bertz CT molecular complexity index is 971. The number of amides is 1. The normalized spacial score (nSPS) is 13.3. The first kappa shape index (κ1) is 18.8. The molecular formula is C19H18F2N6O2. The smallest absolute Gasteiger partial charge is 0.387 e. The van der Waals surface area contributed by atoms with E-state index >= 15 is 0 Å². The Kier molecular flexibility index (Phi) is 5.32. The SMILES string of the molecule is O=C(CNc1ccc(-c2nnnn2C2CC2)cc1)Nc1ccc(OC(F)F)cc1. The van der Waals surface area contributed by atoms with E-state index in [0.717, 1.165) is 29.9 Å². The third-order valence-electron chi connectivity index (χ3n) is 4.34. The zero-order chi connectivity index (χ0) is 20.2. The van der Waals surface area contributed by atoms with Gasteiger partial charge >= 0.3 is 6.61 Å². The highest BCUT2D eigenvalue weighted by atomic mass is 19.3. The van der Waals surface area contributed by atoms with Gasteiger partial charge in [0.05, 0.1) is 12.6 Å². The van der Waals surface area contributed by atoms with E-state index in [9.17, 15) is 13.6 Å². The van der Waals surface area contributed by atoms with Gasteiger partial charge < -0.3 is 15.4 Å². The lowest BCUT2D eigenvalue weighted by molar-refractivity contribution is -0.114. The fourth-order valence-corrected chi connectivity index (χ4v) is 2.79. The van der Waals surface area contributed by atoms with Crippen LogP contribution in [0.2, 0.25) is 0 Å². The minimum Gasteiger partial charge on any atom is -0.435 e. The summed E-state index contributed by atoms with van der Waals surface area (Å²) in [6, 6.07) is 13.6. The summed E-state index contributed by atoms with van der Waals surface area (Å²) in [6.45, 7) is -2.83. The molecule has 1 saturated carbocycles. The van der Waals surface area contributed by atoms with Gasteiger partial charge in [0, 0.05) is 16.9 Å². The molecule has 2 aromatic carbocycles. The molecular weight excluding hydrogens is 382 g/mol. The van der Waals surface area contributed by atoms with Crippen molar-refractivity contribution >= 4 is 17.3 Å². The lowest BCUT2D eigenvalue weighted by Gasteiger charge is -2.09. The molecule has 0 aliphatic heterocycles. The number of anilines is 2. The van der Waals surface area contributed by atoms with Crippen LogP contribution >= 0.6 is 0 Å². The minimum atomic E-state index is -2.88. The third-order valence-corrected chi connectivity index (χ3v) is 4.34. The fraction of sp³-hybridized carbons (Fsp3) is 0.263. The van der Waals surface area contributed by atoms with Gasteiger partial charge in [0.15, 0.2) is 5.82 Å². The van der Waals surface area contributed by atoms with E-state index in [4.69, 9.17) is 0 Å². The Labute approximate surface area is 164 Å². The largest absolute Gasteiger partial charge is 0.435 e. The number of halogens is 2. The predicted molar refractivity (Wildman–Crippen MR) is 102 cm³/mol. The number of hydrogen-bond donors (Lipinski definition) is 2. The average Bonchev–Trinajstić information content (AvgIpc) is 3.44. The van der Waals surface area contributed by atoms with Gasteiger partial charge in [-0.05, 0) is 71.8 Å². The molecule has 3 aromatic rings. The zero-order valence-electron chi connectivity index (χ0n) is 15.3. The molecule has 1 heterocycles. The molecule has 150 valence electrons. The molecule has 10 heteroatoms. The van der Waals surface area contributed by atoms with Crippen LogP contribution < -0.4 is 15.4 Å². The van der Waals surface area contributed by atoms with Gasteiger partial charge in [-0.25, -0.2) is 4.68 Å². The molecule has 0 saturated heterocycles. The number of rotatable bonds is 8. The summed E-state index contributed by atoms with van der Waals surface area (Å²) in [5, 5.41) is 17.6. The van der Waals surface area contributed by atoms with E-state index in [0.29, 0.717) is 11.7 Å². The van der Waals surface area contributed by atoms with Gasteiger partial charge in [-0.3, -0.25) is 4.79 Å². The van der Waals surface area contributed by atoms with Crippen LogP contribution in [-0.2, 0) is 4.79 Å². The Hall–Kier alpha value is -3.56. The van der Waals surface area contributed by atoms with E-state index in [-0.39, 0.29) is 18.2 Å². The molecule has 4 rings (SSSR count). The Morgan fingerprint density at radius 2 is 1.79 bits per heavy atom. The zero-order valence-corrected chi connectivity index (χ0v) is 15.3. The summed E-state index contributed by atoms with van der Waals surface area (Å²) >= 11 is 0. The summed E-state index contributed by atoms with van der Waals surface area (Å²) < 4.78 is 30.4. The Morgan fingerprint density at radius 3 is 2.45 bits per heavy atom. The summed E-state index contributed by atoms with van der Waals surface area (Å²) in [6.07, 6.45) is 2.18. The molecule has 1 aliphatic rings. The van der Waals surface area contributed by atoms with Crippen LogP contribution in [0.1, 0.15) is 18.9 Å². The van der Waals surface area contributed by atoms with Gasteiger partial charge in [0.25, 0.3) is 0 Å². The number of alkyl halides is 2. The Balaban J connectivity index is 1.29. The Morgan fingerprint density at radius 1 is 1.10 bits per heavy atom. The van der Waals surface area contributed by atoms with Crippen LogP contribution in [0.5, 0.6) is 5.75 Å². The first-order valence-corrected chi connectivity index (χ1v) is 9.05. The minimum absolute atomic E-state index is 0.0314. The van der Waals surface area contributed by atoms with Gasteiger partial charge in [0.1, 0.15) is 5.75 Å². The number of carbonyl (C=O) groups excluding carboxylic acids is 1. The highest BCUT2D eigenvalue weighted by Crippen LogP contribution is 2.36. The topological polar surface area (TPSA) is 94.0 Å². The van der Waals surface area contributed by atoms with Crippen molar-refractivity contribution in [3.8, 4) is 17.1 Å². The van der Waals surface area contributed by atoms with Gasteiger partial charge in [-0.15, -0.1) is 5.10 Å². The summed E-state index contributed by atoms with van der Waals surface area (Å²) in [4.78, 5) is 12.1. The molecule has 1 aromatic heterocycles. The van der Waals surface area contributed by atoms with Crippen LogP contribution in [0.15, 0.2) is 48.5 Å². The van der Waals surface area contributed by atoms with E-state index < -0.39 is 6.61 Å². The number of tetrazole rings is 1. The van der Waals surface area contributed by atoms with E-state index in [1.165, 1.54) is 24.3 Å². The third kappa shape index (κ3) is 4.84. The van der Waals surface area contributed by atoms with Crippen molar-refractivity contribution in [1.29, 1.82) is 0 Å². The van der Waals surface area contributed by atoms with Gasteiger partial charge in [-0.2, -0.15) is 8.78 Å². The van der Waals surface area contributed by atoms with E-state index in [2.05, 4.69) is 30.9 Å². The predicted octanol–water partition coefficient (Wildman–Crippen LogP) is 3.33. The van der Waals surface area contributed by atoms with Crippen LogP contribution in [-0.4, -0.2) is 39.3 Å². The van der Waals surface area contributed by atoms with Gasteiger partial charge in [0.2, 0.25) is 5.91 Å². The highest BCUT2D eigenvalue weighted by Gasteiger charge is 2.28. The van der Waals surface area contributed by atoms with Crippen molar-refractivity contribution in [3.63, 3.8) is 0 Å². The molecule has 1 aliphatic carbocycles. The number of carbonyl (C=O) groups is 1. The van der Waals surface area contributed by atoms with Crippen molar-refractivity contribution in [1.82, 2.24) is 20.2 Å². The second-order valence-corrected chi connectivity index (χ2v) is 6.56. The van der Waals surface area contributed by atoms with Crippen LogP contribution in [0.4, 0.5) is 20.2 Å². The number of aromatic nitrogens is 4. The van der Waals surface area contributed by atoms with Crippen LogP contribution in [0.3, 0.4) is 0 Å². The molecule has 29 heavy (non-hydrogen) atoms. The monoisotopic (exact) mass is 400 g/mol. The number of nitrogens with one attached hydrogen (secondary N) is 2. The maximum absolute atomic E-state index is 12.1. The first-order chi connectivity index (χ1) is 14.1. The molecule has 0 radical (unpaired) electrons. The van der Waals surface area contributed by atoms with E-state index in [1.807, 2.05) is 28.9 Å². The molecule has 0 unspecified atom stereocenters. The standard InChI is InChI=1S/C19H18F2N6O2/c20-19(21)29-16-9-5-14(6-10-16)23-17(28)11-22-13-3-1-12(2-4-13)18-24-25-26-27(18)15-7-8-15/h1-6,9-10,15,19,22H,7-8,11H2,(H,23,28). The number of ether oxygens (including phenoxy) is 1. The lowest BCUT2D eigenvalue weighted by atomic mass is 10.2. The van der Waals surface area contributed by atoms with Crippen LogP contribution in [0, 0.1) is 0 Å². The fourth-order valence-electron chi connectivity index (χ4n) is 2.79. The first-order valence-electron chi connectivity index (χ1n) is 9.05. The molecule has 0 bridgehead atoms. The molecule has 0 spiro atoms. The second-order valence-electron chi connectivity index (χ2n) is 6.56. The summed E-state index contributed by atoms with van der Waals surface area (Å²) in [5.74, 6) is 0.495. The van der Waals surface area contributed by atoms with Gasteiger partial charge in [-0.1, -0.05) is 0 Å². The number of nitrogens with zero attached hydrogens (tertiary/aromatic N) is 4. The quantitative estimate of drug-likeness (QED) is 0.602. The highest BCUT2D eigenvalue weighted by molar-refractivity contribution is 5.93. The maximum Gasteiger partial charge on any atom is 0.387 e.